The molecule has 1 aromatic carbocycles. The van der Waals surface area contributed by atoms with E-state index in [0.29, 0.717) is 6.79 Å². The summed E-state index contributed by atoms with van der Waals surface area (Å²) in [5.41, 5.74) is 1.88. The van der Waals surface area contributed by atoms with Gasteiger partial charge in [0.2, 0.25) is 6.79 Å². The quantitative estimate of drug-likeness (QED) is 0.704. The number of hydrogen-bond donors (Lipinski definition) is 0. The molecule has 0 spiro atoms. The molecule has 0 amide bonds. The van der Waals surface area contributed by atoms with Gasteiger partial charge in [0.15, 0.2) is 11.5 Å². The molecule has 74 valence electrons. The number of fused-ring (bicyclic) bond motifs is 1. The van der Waals surface area contributed by atoms with Crippen LogP contribution in [0.15, 0.2) is 36.8 Å². The van der Waals surface area contributed by atoms with Gasteiger partial charge in [0.1, 0.15) is 6.33 Å². The van der Waals surface area contributed by atoms with Crippen molar-refractivity contribution < 1.29 is 9.47 Å². The van der Waals surface area contributed by atoms with Gasteiger partial charge in [-0.25, -0.2) is 9.97 Å². The van der Waals surface area contributed by atoms with Gasteiger partial charge < -0.3 is 9.47 Å². The number of ether oxygens (including phenoxy) is 2. The van der Waals surface area contributed by atoms with Crippen LogP contribution in [0, 0.1) is 0 Å². The van der Waals surface area contributed by atoms with Gasteiger partial charge in [-0.05, 0) is 24.3 Å². The molecular weight excluding hydrogens is 192 g/mol. The minimum absolute atomic E-state index is 0.294. The standard InChI is InChI=1S/C11H8N2O2/c1-2-10-11(15-7-14-10)5-8(1)9-3-4-12-6-13-9/h1-6H,7H2. The molecule has 4 nitrogen and oxygen atoms in total. The second kappa shape index (κ2) is 3.24. The molecule has 15 heavy (non-hydrogen) atoms. The predicted octanol–water partition coefficient (Wildman–Crippen LogP) is 1.87. The molecule has 0 unspecified atom stereocenters. The Bertz CT molecular complexity index is 485. The van der Waals surface area contributed by atoms with Crippen LogP contribution in [0.4, 0.5) is 0 Å². The molecule has 1 aliphatic rings. The number of rotatable bonds is 1. The Morgan fingerprint density at radius 3 is 2.87 bits per heavy atom. The van der Waals surface area contributed by atoms with Crippen LogP contribution in [0.2, 0.25) is 0 Å². The van der Waals surface area contributed by atoms with E-state index in [4.69, 9.17) is 9.47 Å². The van der Waals surface area contributed by atoms with Crippen molar-refractivity contribution in [2.75, 3.05) is 6.79 Å². The van der Waals surface area contributed by atoms with Crippen LogP contribution in [-0.4, -0.2) is 16.8 Å². The van der Waals surface area contributed by atoms with Crippen LogP contribution < -0.4 is 9.47 Å². The van der Waals surface area contributed by atoms with Gasteiger partial charge in [0.25, 0.3) is 0 Å². The number of hydrogen-bond acceptors (Lipinski definition) is 4. The third-order valence-electron chi connectivity index (χ3n) is 2.25. The molecule has 0 saturated heterocycles. The van der Waals surface area contributed by atoms with E-state index in [1.54, 1.807) is 6.20 Å². The summed E-state index contributed by atoms with van der Waals surface area (Å²) in [6.07, 6.45) is 3.24. The van der Waals surface area contributed by atoms with E-state index >= 15 is 0 Å². The first-order chi connectivity index (χ1) is 7.43. The van der Waals surface area contributed by atoms with Crippen molar-refractivity contribution in [3.63, 3.8) is 0 Å². The molecule has 4 heteroatoms. The lowest BCUT2D eigenvalue weighted by Gasteiger charge is -2.01. The first-order valence-corrected chi connectivity index (χ1v) is 4.59. The summed E-state index contributed by atoms with van der Waals surface area (Å²) in [6, 6.07) is 7.62. The summed E-state index contributed by atoms with van der Waals surface area (Å²) in [7, 11) is 0. The summed E-state index contributed by atoms with van der Waals surface area (Å²) >= 11 is 0. The largest absolute Gasteiger partial charge is 0.454 e. The highest BCUT2D eigenvalue weighted by molar-refractivity contribution is 5.63. The summed E-state index contributed by atoms with van der Waals surface area (Å²) in [4.78, 5) is 8.04. The maximum Gasteiger partial charge on any atom is 0.231 e. The van der Waals surface area contributed by atoms with Crippen LogP contribution in [0.1, 0.15) is 0 Å². The van der Waals surface area contributed by atoms with E-state index in [1.165, 1.54) is 6.33 Å². The number of aromatic nitrogens is 2. The van der Waals surface area contributed by atoms with E-state index in [-0.39, 0.29) is 0 Å². The summed E-state index contributed by atoms with van der Waals surface area (Å²) < 4.78 is 10.5. The molecule has 0 radical (unpaired) electrons. The van der Waals surface area contributed by atoms with Crippen molar-refractivity contribution in [3.8, 4) is 22.8 Å². The van der Waals surface area contributed by atoms with Crippen molar-refractivity contribution in [2.24, 2.45) is 0 Å². The molecule has 3 rings (SSSR count). The Balaban J connectivity index is 2.07. The molecule has 2 aromatic rings. The van der Waals surface area contributed by atoms with Gasteiger partial charge in [-0.15, -0.1) is 0 Å². The van der Waals surface area contributed by atoms with Gasteiger partial charge in [-0.3, -0.25) is 0 Å². The van der Waals surface area contributed by atoms with Crippen LogP contribution in [0.3, 0.4) is 0 Å². The molecule has 0 bridgehead atoms. The molecule has 0 saturated carbocycles. The van der Waals surface area contributed by atoms with Gasteiger partial charge in [0.05, 0.1) is 5.69 Å². The van der Waals surface area contributed by atoms with Crippen LogP contribution in [0.25, 0.3) is 11.3 Å². The lowest BCUT2D eigenvalue weighted by atomic mass is 10.1. The zero-order valence-corrected chi connectivity index (χ0v) is 7.88. The smallest absolute Gasteiger partial charge is 0.231 e. The number of nitrogens with zero attached hydrogens (tertiary/aromatic N) is 2. The third-order valence-corrected chi connectivity index (χ3v) is 2.25. The van der Waals surface area contributed by atoms with Crippen LogP contribution in [-0.2, 0) is 0 Å². The van der Waals surface area contributed by atoms with Gasteiger partial charge in [0, 0.05) is 11.8 Å². The highest BCUT2D eigenvalue weighted by Crippen LogP contribution is 2.35. The maximum absolute atomic E-state index is 5.29. The van der Waals surface area contributed by atoms with E-state index < -0.39 is 0 Å². The predicted molar refractivity (Wildman–Crippen MR) is 53.6 cm³/mol. The second-order valence-corrected chi connectivity index (χ2v) is 3.16. The topological polar surface area (TPSA) is 44.2 Å². The first kappa shape index (κ1) is 8.23. The highest BCUT2D eigenvalue weighted by Gasteiger charge is 2.13. The molecule has 0 N–H and O–H groups in total. The summed E-state index contributed by atoms with van der Waals surface area (Å²) in [5.74, 6) is 1.55. The summed E-state index contributed by atoms with van der Waals surface area (Å²) in [5, 5.41) is 0. The van der Waals surface area contributed by atoms with Crippen molar-refractivity contribution in [1.82, 2.24) is 9.97 Å². The van der Waals surface area contributed by atoms with Crippen molar-refractivity contribution in [2.45, 2.75) is 0 Å². The first-order valence-electron chi connectivity index (χ1n) is 4.59. The second-order valence-electron chi connectivity index (χ2n) is 3.16. The van der Waals surface area contributed by atoms with E-state index in [2.05, 4.69) is 9.97 Å². The van der Waals surface area contributed by atoms with Gasteiger partial charge in [-0.1, -0.05) is 0 Å². The summed E-state index contributed by atoms with van der Waals surface area (Å²) in [6.45, 7) is 0.294. The zero-order valence-electron chi connectivity index (χ0n) is 7.88. The average Bonchev–Trinajstić information content (AvgIpc) is 2.77. The fourth-order valence-electron chi connectivity index (χ4n) is 1.52. The van der Waals surface area contributed by atoms with Gasteiger partial charge in [-0.2, -0.15) is 0 Å². The molecule has 0 aliphatic carbocycles. The van der Waals surface area contributed by atoms with Crippen molar-refractivity contribution in [1.29, 1.82) is 0 Å². The monoisotopic (exact) mass is 200 g/mol. The van der Waals surface area contributed by atoms with Crippen molar-refractivity contribution >= 4 is 0 Å². The Hall–Kier alpha value is -2.10. The van der Waals surface area contributed by atoms with Crippen LogP contribution in [0.5, 0.6) is 11.5 Å². The Morgan fingerprint density at radius 1 is 1.07 bits per heavy atom. The third kappa shape index (κ3) is 1.40. The van der Waals surface area contributed by atoms with E-state index in [0.717, 1.165) is 22.8 Å². The fourth-order valence-corrected chi connectivity index (χ4v) is 1.52. The number of benzene rings is 1. The minimum atomic E-state index is 0.294. The molecule has 2 heterocycles. The Labute approximate surface area is 86.5 Å². The Morgan fingerprint density at radius 2 is 2.00 bits per heavy atom. The molecule has 1 aromatic heterocycles. The van der Waals surface area contributed by atoms with E-state index in [9.17, 15) is 0 Å². The lowest BCUT2D eigenvalue weighted by Crippen LogP contribution is -1.92. The zero-order chi connectivity index (χ0) is 10.1. The van der Waals surface area contributed by atoms with E-state index in [1.807, 2.05) is 24.3 Å². The fraction of sp³-hybridized carbons (Fsp3) is 0.0909. The Kier molecular flexibility index (Phi) is 1.78. The molecular formula is C11H8N2O2. The molecule has 1 aliphatic heterocycles. The maximum atomic E-state index is 5.29. The molecule has 0 atom stereocenters. The lowest BCUT2D eigenvalue weighted by molar-refractivity contribution is 0.174. The average molecular weight is 200 g/mol. The normalized spacial score (nSPS) is 12.8. The minimum Gasteiger partial charge on any atom is -0.454 e. The highest BCUT2D eigenvalue weighted by atomic mass is 16.7. The SMILES string of the molecule is c1cc(-c2ccc3c(c2)OCO3)ncn1. The molecule has 0 fully saturated rings. The van der Waals surface area contributed by atoms with Gasteiger partial charge >= 0.3 is 0 Å². The van der Waals surface area contributed by atoms with Crippen LogP contribution >= 0.6 is 0 Å². The van der Waals surface area contributed by atoms with Crippen molar-refractivity contribution in [3.05, 3.63) is 36.8 Å².